The van der Waals surface area contributed by atoms with Crippen molar-refractivity contribution in [2.24, 2.45) is 5.41 Å². The monoisotopic (exact) mass is 185 g/mol. The molecule has 0 spiro atoms. The van der Waals surface area contributed by atoms with Gasteiger partial charge in [-0.2, -0.15) is 0 Å². The first kappa shape index (κ1) is 12.2. The van der Waals surface area contributed by atoms with Gasteiger partial charge in [-0.15, -0.1) is 0 Å². The molecule has 0 radical (unpaired) electrons. The van der Waals surface area contributed by atoms with E-state index in [1.165, 1.54) is 0 Å². The zero-order valence-corrected chi connectivity index (χ0v) is 8.85. The number of rotatable bonds is 4. The van der Waals surface area contributed by atoms with Gasteiger partial charge in [0.05, 0.1) is 6.61 Å². The lowest BCUT2D eigenvalue weighted by atomic mass is 9.90. The first-order valence-electron chi connectivity index (χ1n) is 4.45. The van der Waals surface area contributed by atoms with Crippen LogP contribution in [0.15, 0.2) is 11.8 Å². The Labute approximate surface area is 79.8 Å². The van der Waals surface area contributed by atoms with Gasteiger partial charge >= 0.3 is 0 Å². The van der Waals surface area contributed by atoms with E-state index >= 15 is 0 Å². The molecule has 0 saturated carbocycles. The Bertz CT molecular complexity index is 201. The molecular weight excluding hydrogens is 166 g/mol. The normalized spacial score (nSPS) is 12.8. The summed E-state index contributed by atoms with van der Waals surface area (Å²) in [7, 11) is 0. The Kier molecular flexibility index (Phi) is 4.70. The number of aliphatic hydroxyl groups is 1. The summed E-state index contributed by atoms with van der Waals surface area (Å²) in [6, 6.07) is 0. The van der Waals surface area contributed by atoms with Crippen LogP contribution in [0.2, 0.25) is 0 Å². The van der Waals surface area contributed by atoms with Gasteiger partial charge in [-0.3, -0.25) is 4.79 Å². The molecule has 76 valence electrons. The maximum absolute atomic E-state index is 11.5. The average Bonchev–Trinajstić information content (AvgIpc) is 1.99. The summed E-state index contributed by atoms with van der Waals surface area (Å²) in [6.45, 7) is 8.02. The number of ketones is 1. The fourth-order valence-electron chi connectivity index (χ4n) is 0.717. The minimum absolute atomic E-state index is 0.0783. The van der Waals surface area contributed by atoms with Crippen molar-refractivity contribution in [1.29, 1.82) is 0 Å². The number of carbonyl (C=O) groups excluding carboxylic acids is 1. The summed E-state index contributed by atoms with van der Waals surface area (Å²) in [5.74, 6) is 0.0930. The lowest BCUT2D eigenvalue weighted by molar-refractivity contribution is -0.121. The molecule has 3 nitrogen and oxygen atoms in total. The number of aliphatic hydroxyl groups excluding tert-OH is 1. The molecule has 0 aromatic heterocycles. The fraction of sp³-hybridized carbons (Fsp3) is 0.700. The van der Waals surface area contributed by atoms with Gasteiger partial charge in [0.15, 0.2) is 5.78 Å². The minimum Gasteiger partial charge on any atom is -0.395 e. The predicted molar refractivity (Wildman–Crippen MR) is 53.3 cm³/mol. The zero-order valence-electron chi connectivity index (χ0n) is 8.85. The van der Waals surface area contributed by atoms with Crippen molar-refractivity contribution in [2.75, 3.05) is 13.2 Å². The molecule has 0 aromatic rings. The Balaban J connectivity index is 4.15. The minimum atomic E-state index is -0.331. The number of allylic oxidation sites excluding steroid dienone is 2. The predicted octanol–water partition coefficient (Wildman–Crippen LogP) is 1.09. The van der Waals surface area contributed by atoms with E-state index < -0.39 is 0 Å². The number of carbonyl (C=O) groups is 1. The van der Waals surface area contributed by atoms with Gasteiger partial charge in [-0.05, 0) is 6.92 Å². The maximum Gasteiger partial charge on any atom is 0.162 e. The van der Waals surface area contributed by atoms with E-state index in [-0.39, 0.29) is 17.8 Å². The number of hydrogen-bond donors (Lipinski definition) is 2. The average molecular weight is 185 g/mol. The molecule has 0 fully saturated rings. The molecule has 0 amide bonds. The Hall–Kier alpha value is -0.830. The first-order valence-corrected chi connectivity index (χ1v) is 4.45. The Morgan fingerprint density at radius 2 is 2.00 bits per heavy atom. The second-order valence-corrected chi connectivity index (χ2v) is 4.09. The molecule has 0 saturated heterocycles. The van der Waals surface area contributed by atoms with Gasteiger partial charge in [0, 0.05) is 23.7 Å². The quantitative estimate of drug-likeness (QED) is 0.644. The van der Waals surface area contributed by atoms with Crippen LogP contribution in [0.1, 0.15) is 27.7 Å². The summed E-state index contributed by atoms with van der Waals surface area (Å²) in [4.78, 5) is 11.5. The van der Waals surface area contributed by atoms with Crippen LogP contribution >= 0.6 is 0 Å². The number of nitrogens with one attached hydrogen (secondary N) is 1. The van der Waals surface area contributed by atoms with Gasteiger partial charge in [0.25, 0.3) is 0 Å². The highest BCUT2D eigenvalue weighted by molar-refractivity contribution is 5.94. The molecule has 0 unspecified atom stereocenters. The van der Waals surface area contributed by atoms with Crippen molar-refractivity contribution < 1.29 is 9.90 Å². The summed E-state index contributed by atoms with van der Waals surface area (Å²) in [5.41, 5.74) is 0.469. The van der Waals surface area contributed by atoms with Crippen molar-refractivity contribution in [3.8, 4) is 0 Å². The van der Waals surface area contributed by atoms with E-state index in [9.17, 15) is 4.79 Å². The van der Waals surface area contributed by atoms with Crippen LogP contribution in [0.25, 0.3) is 0 Å². The highest BCUT2D eigenvalue weighted by atomic mass is 16.3. The standard InChI is InChI=1S/C10H19NO2/c1-8(11-5-6-12)7-9(13)10(2,3)4/h7,11-12H,5-6H2,1-4H3. The lowest BCUT2D eigenvalue weighted by Crippen LogP contribution is -2.21. The highest BCUT2D eigenvalue weighted by Gasteiger charge is 2.18. The molecule has 0 aliphatic carbocycles. The molecule has 0 aliphatic heterocycles. The molecule has 0 aromatic carbocycles. The van der Waals surface area contributed by atoms with E-state index in [0.717, 1.165) is 5.70 Å². The second-order valence-electron chi connectivity index (χ2n) is 4.09. The van der Waals surface area contributed by atoms with Crippen molar-refractivity contribution in [2.45, 2.75) is 27.7 Å². The Morgan fingerprint density at radius 1 is 1.46 bits per heavy atom. The van der Waals surface area contributed by atoms with Crippen molar-refractivity contribution in [3.63, 3.8) is 0 Å². The maximum atomic E-state index is 11.5. The van der Waals surface area contributed by atoms with E-state index in [4.69, 9.17) is 5.11 Å². The molecular formula is C10H19NO2. The summed E-state index contributed by atoms with van der Waals surface area (Å²) in [6.07, 6.45) is 1.58. The van der Waals surface area contributed by atoms with Crippen molar-refractivity contribution in [3.05, 3.63) is 11.8 Å². The van der Waals surface area contributed by atoms with Crippen molar-refractivity contribution in [1.82, 2.24) is 5.32 Å². The van der Waals surface area contributed by atoms with Crippen LogP contribution in [0.4, 0.5) is 0 Å². The van der Waals surface area contributed by atoms with Crippen LogP contribution in [-0.4, -0.2) is 24.0 Å². The molecule has 0 aliphatic rings. The third kappa shape index (κ3) is 5.42. The van der Waals surface area contributed by atoms with E-state index in [2.05, 4.69) is 5.32 Å². The highest BCUT2D eigenvalue weighted by Crippen LogP contribution is 2.15. The van der Waals surface area contributed by atoms with Gasteiger partial charge in [0.1, 0.15) is 0 Å². The molecule has 13 heavy (non-hydrogen) atoms. The van der Waals surface area contributed by atoms with Gasteiger partial charge in [-0.25, -0.2) is 0 Å². The smallest absolute Gasteiger partial charge is 0.162 e. The van der Waals surface area contributed by atoms with Gasteiger partial charge in [-0.1, -0.05) is 20.8 Å². The molecule has 0 rings (SSSR count). The summed E-state index contributed by atoms with van der Waals surface area (Å²) in [5, 5.41) is 11.5. The molecule has 2 N–H and O–H groups in total. The lowest BCUT2D eigenvalue weighted by Gasteiger charge is -2.14. The Morgan fingerprint density at radius 3 is 2.38 bits per heavy atom. The second kappa shape index (κ2) is 5.02. The van der Waals surface area contributed by atoms with Gasteiger partial charge in [0.2, 0.25) is 0 Å². The van der Waals surface area contributed by atoms with Gasteiger partial charge < -0.3 is 10.4 Å². The molecule has 0 heterocycles. The SMILES string of the molecule is CC(=CC(=O)C(C)(C)C)NCCO. The summed E-state index contributed by atoms with van der Waals surface area (Å²) >= 11 is 0. The largest absolute Gasteiger partial charge is 0.395 e. The third-order valence-corrected chi connectivity index (χ3v) is 1.60. The van der Waals surface area contributed by atoms with Crippen LogP contribution in [-0.2, 0) is 4.79 Å². The molecule has 0 atom stereocenters. The summed E-state index contributed by atoms with van der Waals surface area (Å²) < 4.78 is 0. The molecule has 0 bridgehead atoms. The molecule has 3 heteroatoms. The van der Waals surface area contributed by atoms with Crippen LogP contribution in [0, 0.1) is 5.41 Å². The van der Waals surface area contributed by atoms with E-state index in [1.54, 1.807) is 6.08 Å². The first-order chi connectivity index (χ1) is 5.88. The number of hydrogen-bond acceptors (Lipinski definition) is 3. The van der Waals surface area contributed by atoms with E-state index in [0.29, 0.717) is 6.54 Å². The third-order valence-electron chi connectivity index (χ3n) is 1.60. The topological polar surface area (TPSA) is 49.3 Å². The van der Waals surface area contributed by atoms with Crippen molar-refractivity contribution >= 4 is 5.78 Å². The van der Waals surface area contributed by atoms with Crippen LogP contribution in [0.3, 0.4) is 0 Å². The van der Waals surface area contributed by atoms with Crippen LogP contribution in [0.5, 0.6) is 0 Å². The fourth-order valence-corrected chi connectivity index (χ4v) is 0.717. The van der Waals surface area contributed by atoms with Crippen LogP contribution < -0.4 is 5.32 Å². The van der Waals surface area contributed by atoms with E-state index in [1.807, 2.05) is 27.7 Å². The zero-order chi connectivity index (χ0) is 10.5.